The number of carbonyl (C=O) groups excluding carboxylic acids is 1. The van der Waals surface area contributed by atoms with Crippen LogP contribution in [0.2, 0.25) is 0 Å². The fourth-order valence-corrected chi connectivity index (χ4v) is 5.36. The summed E-state index contributed by atoms with van der Waals surface area (Å²) in [6.45, 7) is 5.99. The van der Waals surface area contributed by atoms with Crippen LogP contribution in [0.5, 0.6) is 0 Å². The molecule has 7 heteroatoms. The van der Waals surface area contributed by atoms with Gasteiger partial charge in [-0.3, -0.25) is 4.98 Å². The zero-order chi connectivity index (χ0) is 25.2. The van der Waals surface area contributed by atoms with Gasteiger partial charge in [0.25, 0.3) is 0 Å². The van der Waals surface area contributed by atoms with E-state index in [1.165, 1.54) is 0 Å². The highest BCUT2D eigenvalue weighted by Gasteiger charge is 2.46. The molecule has 0 spiro atoms. The van der Waals surface area contributed by atoms with E-state index in [-0.39, 0.29) is 12.1 Å². The standard InChI is InChI=1S/C28H32N2O4S/c1-20(21-10-12-22(13-11-21)25-18-24(35(4)33)14-16-29-25)30-17-15-28(34-26(30)31,19-27(2,3)32)23-8-6-5-7-9-23/h5-14,16,18,20,32H,15,17,19H2,1-4H3/p+1/t20-,28-,35?/m0/s1. The van der Waals surface area contributed by atoms with Gasteiger partial charge in [-0.1, -0.05) is 54.6 Å². The van der Waals surface area contributed by atoms with Crippen molar-refractivity contribution >= 4 is 16.9 Å². The molecule has 2 aromatic carbocycles. The maximum Gasteiger partial charge on any atom is 0.411 e. The van der Waals surface area contributed by atoms with Gasteiger partial charge in [0, 0.05) is 43.3 Å². The molecule has 3 aromatic rings. The van der Waals surface area contributed by atoms with Crippen LogP contribution in [0.15, 0.2) is 77.8 Å². The SMILES string of the molecule is C[C@@H](c1ccc(-c2cc([SH+](C)=O)ccn2)cc1)N1CC[C@](CC(C)(C)O)(c2ccccc2)OC1=O. The number of amides is 1. The van der Waals surface area contributed by atoms with Gasteiger partial charge in [-0.25, -0.2) is 4.79 Å². The van der Waals surface area contributed by atoms with E-state index >= 15 is 0 Å². The van der Waals surface area contributed by atoms with E-state index in [4.69, 9.17) is 4.74 Å². The Morgan fingerprint density at radius 2 is 1.83 bits per heavy atom. The molecule has 1 N–H and O–H groups in total. The van der Waals surface area contributed by atoms with Gasteiger partial charge in [0.1, 0.15) is 22.7 Å². The maximum absolute atomic E-state index is 13.3. The summed E-state index contributed by atoms with van der Waals surface area (Å²) in [6, 6.07) is 21.0. The van der Waals surface area contributed by atoms with Crippen molar-refractivity contribution in [2.24, 2.45) is 0 Å². The number of benzene rings is 2. The minimum absolute atomic E-state index is 0.183. The van der Waals surface area contributed by atoms with Gasteiger partial charge in [-0.15, -0.1) is 4.21 Å². The smallest absolute Gasteiger partial charge is 0.411 e. The summed E-state index contributed by atoms with van der Waals surface area (Å²) in [5.74, 6) is 0. The van der Waals surface area contributed by atoms with Gasteiger partial charge < -0.3 is 14.7 Å². The molecule has 0 bridgehead atoms. The zero-order valence-corrected chi connectivity index (χ0v) is 21.5. The third kappa shape index (κ3) is 5.63. The summed E-state index contributed by atoms with van der Waals surface area (Å²) in [7, 11) is -1.43. The highest BCUT2D eigenvalue weighted by atomic mass is 32.2. The van der Waals surface area contributed by atoms with E-state index in [9.17, 15) is 14.1 Å². The summed E-state index contributed by atoms with van der Waals surface area (Å²) in [4.78, 5) is 20.2. The van der Waals surface area contributed by atoms with Gasteiger partial charge >= 0.3 is 6.09 Å². The molecular weight excluding hydrogens is 460 g/mol. The lowest BCUT2D eigenvalue weighted by Crippen LogP contribution is -2.51. The average molecular weight is 494 g/mol. The summed E-state index contributed by atoms with van der Waals surface area (Å²) in [5, 5.41) is 10.6. The monoisotopic (exact) mass is 493 g/mol. The Hall–Kier alpha value is -3.03. The number of aromatic nitrogens is 1. The normalized spacial score (nSPS) is 20.3. The Morgan fingerprint density at radius 3 is 2.43 bits per heavy atom. The molecule has 1 aliphatic heterocycles. The molecule has 1 amide bonds. The van der Waals surface area contributed by atoms with Crippen molar-refractivity contribution in [3.05, 3.63) is 84.1 Å². The van der Waals surface area contributed by atoms with Crippen LogP contribution in [0, 0.1) is 0 Å². The van der Waals surface area contributed by atoms with Crippen LogP contribution in [0.3, 0.4) is 0 Å². The first-order valence-electron chi connectivity index (χ1n) is 11.8. The number of nitrogens with zero attached hydrogens (tertiary/aromatic N) is 2. The summed E-state index contributed by atoms with van der Waals surface area (Å²) >= 11 is 0. The predicted molar refractivity (Wildman–Crippen MR) is 139 cm³/mol. The van der Waals surface area contributed by atoms with Crippen molar-refractivity contribution in [3.63, 3.8) is 0 Å². The fraction of sp³-hybridized carbons (Fsp3) is 0.357. The maximum atomic E-state index is 13.3. The highest BCUT2D eigenvalue weighted by Crippen LogP contribution is 2.42. The van der Waals surface area contributed by atoms with E-state index in [1.54, 1.807) is 37.3 Å². The van der Waals surface area contributed by atoms with Gasteiger partial charge in [0.05, 0.1) is 17.3 Å². The van der Waals surface area contributed by atoms with E-state index in [1.807, 2.05) is 67.6 Å². The lowest BCUT2D eigenvalue weighted by Gasteiger charge is -2.45. The number of rotatable bonds is 7. The van der Waals surface area contributed by atoms with Crippen molar-refractivity contribution < 1.29 is 18.8 Å². The predicted octanol–water partition coefficient (Wildman–Crippen LogP) is 5.39. The first kappa shape index (κ1) is 25.1. The Kier molecular flexibility index (Phi) is 7.10. The van der Waals surface area contributed by atoms with E-state index in [2.05, 4.69) is 4.98 Å². The molecule has 0 radical (unpaired) electrons. The van der Waals surface area contributed by atoms with Gasteiger partial charge in [-0.2, -0.15) is 0 Å². The molecule has 0 saturated carbocycles. The molecule has 1 aliphatic rings. The van der Waals surface area contributed by atoms with E-state index in [0.717, 1.165) is 27.3 Å². The molecule has 184 valence electrons. The molecule has 1 unspecified atom stereocenters. The minimum atomic E-state index is -1.43. The number of carbonyl (C=O) groups is 1. The molecule has 1 aromatic heterocycles. The number of thiol groups is 1. The average Bonchev–Trinajstić information content (AvgIpc) is 2.83. The van der Waals surface area contributed by atoms with Gasteiger partial charge in [0.15, 0.2) is 4.90 Å². The molecule has 2 heterocycles. The van der Waals surface area contributed by atoms with Crippen LogP contribution in [0.25, 0.3) is 11.3 Å². The van der Waals surface area contributed by atoms with Crippen LogP contribution in [-0.4, -0.2) is 39.5 Å². The molecule has 6 nitrogen and oxygen atoms in total. The molecule has 3 atom stereocenters. The first-order valence-corrected chi connectivity index (χ1v) is 13.5. The minimum Gasteiger partial charge on any atom is -0.438 e. The van der Waals surface area contributed by atoms with Crippen LogP contribution < -0.4 is 0 Å². The molecule has 1 fully saturated rings. The van der Waals surface area contributed by atoms with Crippen LogP contribution in [0.1, 0.15) is 50.8 Å². The van der Waals surface area contributed by atoms with E-state index < -0.39 is 22.0 Å². The first-order chi connectivity index (χ1) is 16.6. The second kappa shape index (κ2) is 9.91. The Morgan fingerprint density at radius 1 is 1.14 bits per heavy atom. The van der Waals surface area contributed by atoms with Crippen LogP contribution >= 0.6 is 0 Å². The lowest BCUT2D eigenvalue weighted by atomic mass is 9.80. The summed E-state index contributed by atoms with van der Waals surface area (Å²) in [5.41, 5.74) is 1.72. The van der Waals surface area contributed by atoms with E-state index in [0.29, 0.717) is 19.4 Å². The van der Waals surface area contributed by atoms with Crippen molar-refractivity contribution in [1.29, 1.82) is 0 Å². The molecule has 4 rings (SSSR count). The quantitative estimate of drug-likeness (QED) is 0.352. The molecule has 0 aliphatic carbocycles. The fourth-order valence-electron chi connectivity index (χ4n) is 4.78. The molecule has 1 saturated heterocycles. The van der Waals surface area contributed by atoms with Crippen LogP contribution in [0.4, 0.5) is 4.79 Å². The Bertz CT molecular complexity index is 1210. The number of hydrogen-bond acceptors (Lipinski definition) is 5. The molecule has 35 heavy (non-hydrogen) atoms. The third-order valence-corrected chi connectivity index (χ3v) is 7.56. The zero-order valence-electron chi connectivity index (χ0n) is 20.6. The summed E-state index contributed by atoms with van der Waals surface area (Å²) in [6.07, 6.45) is 3.88. The Labute approximate surface area is 209 Å². The van der Waals surface area contributed by atoms with Crippen LogP contribution in [-0.2, 0) is 25.3 Å². The highest BCUT2D eigenvalue weighted by molar-refractivity contribution is 7.84. The lowest BCUT2D eigenvalue weighted by molar-refractivity contribution is -0.101. The summed E-state index contributed by atoms with van der Waals surface area (Å²) < 4.78 is 18.0. The second-order valence-electron chi connectivity index (χ2n) is 9.86. The largest absolute Gasteiger partial charge is 0.438 e. The van der Waals surface area contributed by atoms with Crippen molar-refractivity contribution in [2.45, 2.75) is 55.8 Å². The third-order valence-electron chi connectivity index (χ3n) is 6.56. The number of cyclic esters (lactones) is 1. The second-order valence-corrected chi connectivity index (χ2v) is 11.4. The number of aliphatic hydroxyl groups is 1. The topological polar surface area (TPSA) is 79.7 Å². The van der Waals surface area contributed by atoms with Crippen molar-refractivity contribution in [3.8, 4) is 11.3 Å². The van der Waals surface area contributed by atoms with Gasteiger partial charge in [-0.05, 0) is 31.9 Å². The van der Waals surface area contributed by atoms with Gasteiger partial charge in [0.2, 0.25) is 0 Å². The molecular formula is C28H33N2O4S+. The van der Waals surface area contributed by atoms with Crippen molar-refractivity contribution in [2.75, 3.05) is 12.8 Å². The number of hydrogen-bond donors (Lipinski definition) is 1. The Balaban J connectivity index is 1.53. The number of pyridine rings is 1. The number of ether oxygens (including phenoxy) is 1. The van der Waals surface area contributed by atoms with Crippen molar-refractivity contribution in [1.82, 2.24) is 9.88 Å².